The monoisotopic (exact) mass is 250 g/mol. The second-order valence-corrected chi connectivity index (χ2v) is 4.51. The first-order valence-corrected chi connectivity index (χ1v) is 6.04. The van der Waals surface area contributed by atoms with Gasteiger partial charge in [0.1, 0.15) is 11.6 Å². The van der Waals surface area contributed by atoms with Crippen LogP contribution in [0.5, 0.6) is 5.75 Å². The highest BCUT2D eigenvalue weighted by atomic mass is 32.1. The first kappa shape index (κ1) is 11.8. The summed E-state index contributed by atoms with van der Waals surface area (Å²) in [6, 6.07) is 7.99. The van der Waals surface area contributed by atoms with E-state index in [0.717, 1.165) is 16.7 Å². The number of aldehydes is 1. The largest absolute Gasteiger partial charge is 0.493 e. The molecular weight excluding hydrogens is 239 g/mol. The molecule has 0 aliphatic heterocycles. The Morgan fingerprint density at radius 1 is 1.35 bits per heavy atom. The summed E-state index contributed by atoms with van der Waals surface area (Å²) in [5, 5.41) is 0. The van der Waals surface area contributed by atoms with Gasteiger partial charge in [0, 0.05) is 16.5 Å². The van der Waals surface area contributed by atoms with Gasteiger partial charge >= 0.3 is 0 Å². The molecule has 1 heterocycles. The van der Waals surface area contributed by atoms with Crippen molar-refractivity contribution in [1.82, 2.24) is 0 Å². The van der Waals surface area contributed by atoms with Crippen molar-refractivity contribution in [3.05, 3.63) is 41.0 Å². The van der Waals surface area contributed by atoms with Crippen molar-refractivity contribution in [1.29, 1.82) is 0 Å². The molecule has 1 aromatic heterocycles. The molecule has 0 unspecified atom stereocenters. The molecule has 0 N–H and O–H groups in total. The molecule has 0 fully saturated rings. The van der Waals surface area contributed by atoms with Crippen molar-refractivity contribution in [3.63, 3.8) is 0 Å². The highest BCUT2D eigenvalue weighted by molar-refractivity contribution is 7.17. The molecule has 2 nitrogen and oxygen atoms in total. The standard InChI is InChI=1S/C13H11FO2S/c1-2-16-12-7-9(14)3-5-11(12)13-6-4-10(8-15)17-13/h3-8H,2H2,1H3. The number of thiophene rings is 1. The van der Waals surface area contributed by atoms with Crippen molar-refractivity contribution in [2.24, 2.45) is 0 Å². The van der Waals surface area contributed by atoms with Crippen LogP contribution in [0.4, 0.5) is 4.39 Å². The third-order valence-corrected chi connectivity index (χ3v) is 3.30. The normalized spacial score (nSPS) is 10.2. The molecule has 0 spiro atoms. The number of benzene rings is 1. The molecular formula is C13H11FO2S. The number of rotatable bonds is 4. The predicted molar refractivity (Wildman–Crippen MR) is 66.3 cm³/mol. The maximum Gasteiger partial charge on any atom is 0.160 e. The molecule has 0 atom stereocenters. The van der Waals surface area contributed by atoms with E-state index in [0.29, 0.717) is 17.2 Å². The number of ether oxygens (including phenoxy) is 1. The van der Waals surface area contributed by atoms with E-state index < -0.39 is 0 Å². The van der Waals surface area contributed by atoms with E-state index in [2.05, 4.69) is 0 Å². The Kier molecular flexibility index (Phi) is 3.54. The van der Waals surface area contributed by atoms with Crippen LogP contribution in [0.1, 0.15) is 16.6 Å². The Bertz CT molecular complexity index is 534. The molecule has 1 aromatic carbocycles. The molecule has 0 amide bonds. The van der Waals surface area contributed by atoms with Gasteiger partial charge in [0.15, 0.2) is 6.29 Å². The van der Waals surface area contributed by atoms with E-state index in [4.69, 9.17) is 4.74 Å². The number of halogens is 1. The summed E-state index contributed by atoms with van der Waals surface area (Å²) in [6.07, 6.45) is 0.804. The lowest BCUT2D eigenvalue weighted by molar-refractivity contribution is 0.112. The van der Waals surface area contributed by atoms with Gasteiger partial charge in [0.2, 0.25) is 0 Å². The maximum absolute atomic E-state index is 13.1. The lowest BCUT2D eigenvalue weighted by Crippen LogP contribution is -1.94. The van der Waals surface area contributed by atoms with E-state index in [-0.39, 0.29) is 5.82 Å². The molecule has 0 aliphatic rings. The fourth-order valence-electron chi connectivity index (χ4n) is 1.54. The van der Waals surface area contributed by atoms with Crippen LogP contribution in [0, 0.1) is 5.82 Å². The van der Waals surface area contributed by atoms with Gasteiger partial charge in [-0.05, 0) is 31.2 Å². The van der Waals surface area contributed by atoms with Crippen LogP contribution in [0.2, 0.25) is 0 Å². The van der Waals surface area contributed by atoms with Crippen LogP contribution in [0.3, 0.4) is 0 Å². The first-order chi connectivity index (χ1) is 8.24. The summed E-state index contributed by atoms with van der Waals surface area (Å²) in [7, 11) is 0. The summed E-state index contributed by atoms with van der Waals surface area (Å²) in [5.74, 6) is 0.177. The number of hydrogen-bond donors (Lipinski definition) is 0. The lowest BCUT2D eigenvalue weighted by atomic mass is 10.1. The molecule has 0 bridgehead atoms. The molecule has 0 aliphatic carbocycles. The van der Waals surface area contributed by atoms with Crippen LogP contribution in [0.25, 0.3) is 10.4 Å². The van der Waals surface area contributed by atoms with Gasteiger partial charge in [-0.1, -0.05) is 0 Å². The Balaban J connectivity index is 2.46. The van der Waals surface area contributed by atoms with E-state index in [1.807, 2.05) is 13.0 Å². The minimum Gasteiger partial charge on any atom is -0.493 e. The van der Waals surface area contributed by atoms with Crippen LogP contribution in [-0.4, -0.2) is 12.9 Å². The second-order valence-electron chi connectivity index (χ2n) is 3.39. The van der Waals surface area contributed by atoms with Gasteiger partial charge in [-0.2, -0.15) is 0 Å². The van der Waals surface area contributed by atoms with Crippen LogP contribution in [-0.2, 0) is 0 Å². The van der Waals surface area contributed by atoms with Crippen LogP contribution < -0.4 is 4.74 Å². The molecule has 2 rings (SSSR count). The van der Waals surface area contributed by atoms with Gasteiger partial charge in [-0.15, -0.1) is 11.3 Å². The zero-order valence-electron chi connectivity index (χ0n) is 9.27. The lowest BCUT2D eigenvalue weighted by Gasteiger charge is -2.08. The second kappa shape index (κ2) is 5.10. The summed E-state index contributed by atoms with van der Waals surface area (Å²) >= 11 is 1.36. The zero-order chi connectivity index (χ0) is 12.3. The van der Waals surface area contributed by atoms with Crippen molar-refractivity contribution in [3.8, 4) is 16.2 Å². The molecule has 0 saturated carbocycles. The number of carbonyl (C=O) groups is 1. The summed E-state index contributed by atoms with van der Waals surface area (Å²) in [5.41, 5.74) is 0.811. The number of hydrogen-bond acceptors (Lipinski definition) is 3. The molecule has 0 saturated heterocycles. The smallest absolute Gasteiger partial charge is 0.160 e. The SMILES string of the molecule is CCOc1cc(F)ccc1-c1ccc(C=O)s1. The molecule has 4 heteroatoms. The highest BCUT2D eigenvalue weighted by Gasteiger charge is 2.10. The average Bonchev–Trinajstić information content (AvgIpc) is 2.78. The molecule has 88 valence electrons. The topological polar surface area (TPSA) is 26.3 Å². The van der Waals surface area contributed by atoms with E-state index in [1.165, 1.54) is 23.5 Å². The van der Waals surface area contributed by atoms with Gasteiger partial charge in [0.05, 0.1) is 11.5 Å². The van der Waals surface area contributed by atoms with Crippen molar-refractivity contribution in [2.75, 3.05) is 6.61 Å². The Morgan fingerprint density at radius 2 is 2.18 bits per heavy atom. The van der Waals surface area contributed by atoms with Crippen molar-refractivity contribution < 1.29 is 13.9 Å². The summed E-state index contributed by atoms with van der Waals surface area (Å²) < 4.78 is 18.5. The first-order valence-electron chi connectivity index (χ1n) is 5.22. The highest BCUT2D eigenvalue weighted by Crippen LogP contribution is 2.35. The van der Waals surface area contributed by atoms with Crippen molar-refractivity contribution in [2.45, 2.75) is 6.92 Å². The maximum atomic E-state index is 13.1. The van der Waals surface area contributed by atoms with Gasteiger partial charge in [-0.25, -0.2) is 4.39 Å². The van der Waals surface area contributed by atoms with E-state index in [1.54, 1.807) is 12.1 Å². The Labute approximate surface area is 103 Å². The third kappa shape index (κ3) is 2.53. The summed E-state index contributed by atoms with van der Waals surface area (Å²) in [6.45, 7) is 2.32. The molecule has 0 radical (unpaired) electrons. The summed E-state index contributed by atoms with van der Waals surface area (Å²) in [4.78, 5) is 12.2. The molecule has 2 aromatic rings. The minimum absolute atomic E-state index is 0.329. The van der Waals surface area contributed by atoms with Crippen molar-refractivity contribution >= 4 is 17.6 Å². The zero-order valence-corrected chi connectivity index (χ0v) is 10.1. The third-order valence-electron chi connectivity index (χ3n) is 2.25. The van der Waals surface area contributed by atoms with E-state index in [9.17, 15) is 9.18 Å². The Morgan fingerprint density at radius 3 is 2.82 bits per heavy atom. The fraction of sp³-hybridized carbons (Fsp3) is 0.154. The molecule has 17 heavy (non-hydrogen) atoms. The van der Waals surface area contributed by atoms with Gasteiger partial charge in [0.25, 0.3) is 0 Å². The van der Waals surface area contributed by atoms with Gasteiger partial charge < -0.3 is 4.74 Å². The van der Waals surface area contributed by atoms with Crippen LogP contribution >= 0.6 is 11.3 Å². The predicted octanol–water partition coefficient (Wildman–Crippen LogP) is 3.77. The fourth-order valence-corrected chi connectivity index (χ4v) is 2.39. The quantitative estimate of drug-likeness (QED) is 0.772. The minimum atomic E-state index is -0.329. The van der Waals surface area contributed by atoms with Gasteiger partial charge in [-0.3, -0.25) is 4.79 Å². The number of carbonyl (C=O) groups excluding carboxylic acids is 1. The average molecular weight is 250 g/mol. The van der Waals surface area contributed by atoms with Crippen LogP contribution in [0.15, 0.2) is 30.3 Å². The Hall–Kier alpha value is -1.68. The van der Waals surface area contributed by atoms with E-state index >= 15 is 0 Å².